The SMILES string of the molecule is COc1cc(OC(=O)c2ccco2)ccc1C1=C(COC(=O)c2ccc(C)cc2)C(C)(O)CC(C)(C)C1O. The van der Waals surface area contributed by atoms with Gasteiger partial charge in [-0.25, -0.2) is 9.59 Å². The number of ether oxygens (including phenoxy) is 3. The van der Waals surface area contributed by atoms with E-state index < -0.39 is 29.1 Å². The highest BCUT2D eigenvalue weighted by Gasteiger charge is 2.47. The van der Waals surface area contributed by atoms with E-state index in [0.717, 1.165) is 5.56 Å². The van der Waals surface area contributed by atoms with Crippen molar-refractivity contribution in [2.75, 3.05) is 13.7 Å². The lowest BCUT2D eigenvalue weighted by Crippen LogP contribution is -2.47. The Labute approximate surface area is 221 Å². The highest BCUT2D eigenvalue weighted by molar-refractivity contribution is 5.90. The number of aliphatic hydroxyl groups excluding tert-OH is 1. The molecule has 0 radical (unpaired) electrons. The average molecular weight is 521 g/mol. The molecule has 1 aromatic heterocycles. The van der Waals surface area contributed by atoms with Gasteiger partial charge in [0.15, 0.2) is 0 Å². The number of furan rings is 1. The van der Waals surface area contributed by atoms with Gasteiger partial charge in [-0.05, 0) is 67.7 Å². The van der Waals surface area contributed by atoms with Crippen molar-refractivity contribution >= 4 is 17.5 Å². The van der Waals surface area contributed by atoms with Crippen molar-refractivity contribution in [1.82, 2.24) is 0 Å². The first-order valence-corrected chi connectivity index (χ1v) is 12.2. The number of benzene rings is 2. The fourth-order valence-corrected chi connectivity index (χ4v) is 4.90. The molecule has 0 bridgehead atoms. The summed E-state index contributed by atoms with van der Waals surface area (Å²) in [5, 5.41) is 23.0. The standard InChI is InChI=1S/C30H32O8/c1-18-8-10-19(11-9-18)27(32)37-16-22-25(26(31)29(2,3)17-30(22,4)34)21-13-12-20(15-24(21)35-5)38-28(33)23-7-6-14-36-23/h6-15,26,31,34H,16-17H2,1-5H3. The van der Waals surface area contributed by atoms with Crippen LogP contribution in [0.4, 0.5) is 0 Å². The second-order valence-corrected chi connectivity index (χ2v) is 10.4. The van der Waals surface area contributed by atoms with E-state index in [-0.39, 0.29) is 24.5 Å². The number of methoxy groups -OCH3 is 1. The molecule has 1 heterocycles. The summed E-state index contributed by atoms with van der Waals surface area (Å²) in [7, 11) is 1.45. The molecule has 8 nitrogen and oxygen atoms in total. The molecule has 0 amide bonds. The van der Waals surface area contributed by atoms with Gasteiger partial charge in [-0.1, -0.05) is 31.5 Å². The maximum absolute atomic E-state index is 12.8. The lowest BCUT2D eigenvalue weighted by Gasteiger charge is -2.46. The van der Waals surface area contributed by atoms with Gasteiger partial charge in [0.2, 0.25) is 5.76 Å². The minimum Gasteiger partial charge on any atom is -0.496 e. The third-order valence-electron chi connectivity index (χ3n) is 6.82. The van der Waals surface area contributed by atoms with Gasteiger partial charge in [0.05, 0.1) is 30.6 Å². The normalized spacial score (nSPS) is 20.7. The molecular formula is C30H32O8. The largest absolute Gasteiger partial charge is 0.496 e. The first-order chi connectivity index (χ1) is 17.9. The molecule has 38 heavy (non-hydrogen) atoms. The topological polar surface area (TPSA) is 115 Å². The third kappa shape index (κ3) is 5.51. The van der Waals surface area contributed by atoms with E-state index in [0.29, 0.717) is 28.0 Å². The molecule has 0 spiro atoms. The summed E-state index contributed by atoms with van der Waals surface area (Å²) in [4.78, 5) is 25.1. The minimum absolute atomic E-state index is 0.0499. The smallest absolute Gasteiger partial charge is 0.379 e. The van der Waals surface area contributed by atoms with Gasteiger partial charge >= 0.3 is 11.9 Å². The molecule has 3 aromatic rings. The zero-order valence-electron chi connectivity index (χ0n) is 22.1. The summed E-state index contributed by atoms with van der Waals surface area (Å²) in [5.74, 6) is -0.654. The van der Waals surface area contributed by atoms with Crippen LogP contribution >= 0.6 is 0 Å². The molecule has 200 valence electrons. The molecule has 0 saturated carbocycles. The lowest BCUT2D eigenvalue weighted by atomic mass is 9.64. The minimum atomic E-state index is -1.39. The number of hydrogen-bond acceptors (Lipinski definition) is 8. The summed E-state index contributed by atoms with van der Waals surface area (Å²) in [5.41, 5.74) is 0.533. The van der Waals surface area contributed by atoms with Gasteiger partial charge < -0.3 is 28.8 Å². The van der Waals surface area contributed by atoms with Crippen LogP contribution in [0.3, 0.4) is 0 Å². The summed E-state index contributed by atoms with van der Waals surface area (Å²) >= 11 is 0. The summed E-state index contributed by atoms with van der Waals surface area (Å²) in [6.07, 6.45) is 0.600. The first-order valence-electron chi connectivity index (χ1n) is 12.2. The van der Waals surface area contributed by atoms with E-state index in [2.05, 4.69) is 0 Å². The van der Waals surface area contributed by atoms with Crippen molar-refractivity contribution in [3.05, 3.63) is 88.9 Å². The van der Waals surface area contributed by atoms with Gasteiger partial charge in [-0.3, -0.25) is 0 Å². The van der Waals surface area contributed by atoms with Crippen LogP contribution in [0.1, 0.15) is 59.2 Å². The van der Waals surface area contributed by atoms with E-state index >= 15 is 0 Å². The van der Waals surface area contributed by atoms with Crippen molar-refractivity contribution in [2.24, 2.45) is 5.41 Å². The zero-order chi connectivity index (χ0) is 27.7. The van der Waals surface area contributed by atoms with Gasteiger partial charge in [0.1, 0.15) is 18.1 Å². The van der Waals surface area contributed by atoms with Crippen LogP contribution in [-0.4, -0.2) is 47.6 Å². The molecule has 1 aliphatic rings. The molecule has 8 heteroatoms. The van der Waals surface area contributed by atoms with E-state index in [1.165, 1.54) is 25.5 Å². The van der Waals surface area contributed by atoms with E-state index in [1.807, 2.05) is 32.9 Å². The zero-order valence-corrected chi connectivity index (χ0v) is 22.1. The fourth-order valence-electron chi connectivity index (χ4n) is 4.90. The lowest BCUT2D eigenvalue weighted by molar-refractivity contribution is -0.0191. The van der Waals surface area contributed by atoms with Crippen molar-refractivity contribution < 1.29 is 38.4 Å². The molecule has 0 aliphatic heterocycles. The van der Waals surface area contributed by atoms with E-state index in [9.17, 15) is 19.8 Å². The van der Waals surface area contributed by atoms with Crippen molar-refractivity contribution in [3.63, 3.8) is 0 Å². The first kappa shape index (κ1) is 27.2. The Morgan fingerprint density at radius 3 is 2.39 bits per heavy atom. The Balaban J connectivity index is 1.72. The maximum Gasteiger partial charge on any atom is 0.379 e. The number of aryl methyl sites for hydroxylation is 1. The Hall–Kier alpha value is -3.88. The Morgan fingerprint density at radius 1 is 1.05 bits per heavy atom. The molecule has 0 saturated heterocycles. The highest BCUT2D eigenvalue weighted by Crippen LogP contribution is 2.49. The number of carbonyl (C=O) groups excluding carboxylic acids is 2. The van der Waals surface area contributed by atoms with Crippen LogP contribution in [0.25, 0.3) is 5.57 Å². The molecule has 2 aromatic carbocycles. The van der Waals surface area contributed by atoms with Crippen molar-refractivity contribution in [1.29, 1.82) is 0 Å². The van der Waals surface area contributed by atoms with Crippen LogP contribution in [0.5, 0.6) is 11.5 Å². The highest BCUT2D eigenvalue weighted by atomic mass is 16.5. The molecule has 2 N–H and O–H groups in total. The van der Waals surface area contributed by atoms with Gasteiger partial charge in [-0.15, -0.1) is 0 Å². The Kier molecular flexibility index (Phi) is 7.49. The van der Waals surface area contributed by atoms with Crippen LogP contribution < -0.4 is 9.47 Å². The Bertz CT molecular complexity index is 1350. The number of carbonyl (C=O) groups is 2. The monoisotopic (exact) mass is 520 g/mol. The van der Waals surface area contributed by atoms with Crippen LogP contribution in [0.15, 0.2) is 70.9 Å². The molecule has 0 fully saturated rings. The predicted molar refractivity (Wildman–Crippen MR) is 140 cm³/mol. The third-order valence-corrected chi connectivity index (χ3v) is 6.82. The second kappa shape index (κ2) is 10.5. The van der Waals surface area contributed by atoms with E-state index in [1.54, 1.807) is 37.3 Å². The Morgan fingerprint density at radius 2 is 1.76 bits per heavy atom. The van der Waals surface area contributed by atoms with Gasteiger partial charge in [-0.2, -0.15) is 0 Å². The van der Waals surface area contributed by atoms with Gasteiger partial charge in [0, 0.05) is 17.2 Å². The number of esters is 2. The number of rotatable bonds is 7. The van der Waals surface area contributed by atoms with E-state index in [4.69, 9.17) is 18.6 Å². The summed E-state index contributed by atoms with van der Waals surface area (Å²) < 4.78 is 21.7. The summed E-state index contributed by atoms with van der Waals surface area (Å²) in [6, 6.07) is 14.8. The van der Waals surface area contributed by atoms with Crippen molar-refractivity contribution in [3.8, 4) is 11.5 Å². The van der Waals surface area contributed by atoms with Crippen LogP contribution in [0.2, 0.25) is 0 Å². The number of hydrogen-bond donors (Lipinski definition) is 2. The van der Waals surface area contributed by atoms with Crippen molar-refractivity contribution in [2.45, 2.75) is 45.8 Å². The summed E-state index contributed by atoms with van der Waals surface area (Å²) in [6.45, 7) is 7.04. The maximum atomic E-state index is 12.8. The molecule has 4 rings (SSSR count). The quantitative estimate of drug-likeness (QED) is 0.332. The van der Waals surface area contributed by atoms with Gasteiger partial charge in [0.25, 0.3) is 0 Å². The molecular weight excluding hydrogens is 488 g/mol. The fraction of sp³-hybridized carbons (Fsp3) is 0.333. The molecule has 1 aliphatic carbocycles. The molecule has 2 atom stereocenters. The second-order valence-electron chi connectivity index (χ2n) is 10.4. The van der Waals surface area contributed by atoms with Crippen LogP contribution in [0, 0.1) is 12.3 Å². The number of aliphatic hydroxyl groups is 2. The van der Waals surface area contributed by atoms with Crippen LogP contribution in [-0.2, 0) is 4.74 Å². The molecule has 2 unspecified atom stereocenters. The predicted octanol–water partition coefficient (Wildman–Crippen LogP) is 4.97. The average Bonchev–Trinajstić information content (AvgIpc) is 3.40.